The summed E-state index contributed by atoms with van der Waals surface area (Å²) in [5.74, 6) is -0.0105. The number of amides is 1. The average molecular weight is 238 g/mol. The van der Waals surface area contributed by atoms with Gasteiger partial charge in [-0.25, -0.2) is 4.98 Å². The molecule has 1 aliphatic rings. The summed E-state index contributed by atoms with van der Waals surface area (Å²) in [6.45, 7) is 2.64. The van der Waals surface area contributed by atoms with Crippen molar-refractivity contribution in [1.29, 1.82) is 0 Å². The predicted octanol–water partition coefficient (Wildman–Crippen LogP) is 2.59. The smallest absolute Gasteiger partial charge is 0.276 e. The predicted molar refractivity (Wildman–Crippen MR) is 70.8 cm³/mol. The standard InChI is InChI=1S/C15H14N2O/c1-11-5-4-7-13(16-11)15(18)17-10-9-12-6-2-3-8-14(12)17/h2-8H,9-10H2,1H3. The van der Waals surface area contributed by atoms with Crippen molar-refractivity contribution < 1.29 is 4.79 Å². The third-order valence-electron chi connectivity index (χ3n) is 3.24. The lowest BCUT2D eigenvalue weighted by atomic mass is 10.2. The Hall–Kier alpha value is -2.16. The minimum absolute atomic E-state index is 0.0105. The van der Waals surface area contributed by atoms with E-state index in [9.17, 15) is 4.79 Å². The monoisotopic (exact) mass is 238 g/mol. The van der Waals surface area contributed by atoms with Crippen molar-refractivity contribution in [3.05, 3.63) is 59.4 Å². The molecule has 0 saturated heterocycles. The second-order valence-corrected chi connectivity index (χ2v) is 4.50. The van der Waals surface area contributed by atoms with Crippen LogP contribution in [0.3, 0.4) is 0 Å². The van der Waals surface area contributed by atoms with E-state index in [1.54, 1.807) is 6.07 Å². The van der Waals surface area contributed by atoms with Gasteiger partial charge >= 0.3 is 0 Å². The molecule has 3 heteroatoms. The highest BCUT2D eigenvalue weighted by Crippen LogP contribution is 2.28. The first kappa shape index (κ1) is 11.0. The second kappa shape index (κ2) is 4.26. The van der Waals surface area contributed by atoms with Crippen LogP contribution in [0.25, 0.3) is 0 Å². The molecule has 0 saturated carbocycles. The van der Waals surface area contributed by atoms with Crippen LogP contribution in [0.15, 0.2) is 42.5 Å². The van der Waals surface area contributed by atoms with E-state index >= 15 is 0 Å². The average Bonchev–Trinajstić information content (AvgIpc) is 2.82. The molecule has 0 bridgehead atoms. The van der Waals surface area contributed by atoms with E-state index in [2.05, 4.69) is 11.1 Å². The summed E-state index contributed by atoms with van der Waals surface area (Å²) in [7, 11) is 0. The summed E-state index contributed by atoms with van der Waals surface area (Å²) < 4.78 is 0. The molecule has 1 aliphatic heterocycles. The summed E-state index contributed by atoms with van der Waals surface area (Å²) in [5.41, 5.74) is 3.64. The zero-order valence-electron chi connectivity index (χ0n) is 10.3. The zero-order valence-corrected chi connectivity index (χ0v) is 10.3. The number of hydrogen-bond acceptors (Lipinski definition) is 2. The highest BCUT2D eigenvalue weighted by molar-refractivity contribution is 6.06. The molecule has 1 aromatic carbocycles. The van der Waals surface area contributed by atoms with Crippen molar-refractivity contribution in [2.75, 3.05) is 11.4 Å². The molecule has 3 nitrogen and oxygen atoms in total. The maximum Gasteiger partial charge on any atom is 0.276 e. The van der Waals surface area contributed by atoms with Gasteiger partial charge in [-0.3, -0.25) is 4.79 Å². The van der Waals surface area contributed by atoms with Gasteiger partial charge in [0.25, 0.3) is 5.91 Å². The van der Waals surface area contributed by atoms with Gasteiger partial charge in [-0.1, -0.05) is 24.3 Å². The summed E-state index contributed by atoms with van der Waals surface area (Å²) in [6, 6.07) is 13.6. The molecule has 0 radical (unpaired) electrons. The maximum absolute atomic E-state index is 12.4. The van der Waals surface area contributed by atoms with Gasteiger partial charge in [0.15, 0.2) is 0 Å². The number of pyridine rings is 1. The summed E-state index contributed by atoms with van der Waals surface area (Å²) >= 11 is 0. The zero-order chi connectivity index (χ0) is 12.5. The Kier molecular flexibility index (Phi) is 2.59. The van der Waals surface area contributed by atoms with E-state index < -0.39 is 0 Å². The molecule has 1 aromatic heterocycles. The van der Waals surface area contributed by atoms with Crippen LogP contribution in [-0.2, 0) is 6.42 Å². The lowest BCUT2D eigenvalue weighted by molar-refractivity contribution is 0.0984. The number of hydrogen-bond donors (Lipinski definition) is 0. The Balaban J connectivity index is 1.96. The molecule has 0 fully saturated rings. The lowest BCUT2D eigenvalue weighted by Crippen LogP contribution is -2.29. The number of carbonyl (C=O) groups is 1. The third-order valence-corrected chi connectivity index (χ3v) is 3.24. The molecule has 18 heavy (non-hydrogen) atoms. The van der Waals surface area contributed by atoms with Gasteiger partial charge in [0.05, 0.1) is 0 Å². The maximum atomic E-state index is 12.4. The molecule has 2 aromatic rings. The molecule has 90 valence electrons. The number of carbonyl (C=O) groups excluding carboxylic acids is 1. The Morgan fingerprint density at radius 2 is 2.00 bits per heavy atom. The minimum Gasteiger partial charge on any atom is -0.306 e. The quantitative estimate of drug-likeness (QED) is 0.765. The van der Waals surface area contributed by atoms with Crippen molar-refractivity contribution in [2.45, 2.75) is 13.3 Å². The van der Waals surface area contributed by atoms with Crippen molar-refractivity contribution in [1.82, 2.24) is 4.98 Å². The molecule has 0 atom stereocenters. The van der Waals surface area contributed by atoms with Crippen molar-refractivity contribution in [3.8, 4) is 0 Å². The van der Waals surface area contributed by atoms with E-state index in [4.69, 9.17) is 0 Å². The van der Waals surface area contributed by atoms with E-state index in [0.717, 1.165) is 24.3 Å². The lowest BCUT2D eigenvalue weighted by Gasteiger charge is -2.16. The first-order valence-corrected chi connectivity index (χ1v) is 6.09. The van der Waals surface area contributed by atoms with E-state index in [1.807, 2.05) is 42.2 Å². The highest BCUT2D eigenvalue weighted by atomic mass is 16.2. The van der Waals surface area contributed by atoms with Gasteiger partial charge in [0, 0.05) is 17.9 Å². The van der Waals surface area contributed by atoms with Crippen LogP contribution in [0, 0.1) is 6.92 Å². The van der Waals surface area contributed by atoms with Crippen molar-refractivity contribution >= 4 is 11.6 Å². The van der Waals surface area contributed by atoms with Crippen molar-refractivity contribution in [2.24, 2.45) is 0 Å². The van der Waals surface area contributed by atoms with Crippen LogP contribution in [0.1, 0.15) is 21.7 Å². The molecule has 2 heterocycles. The number of fused-ring (bicyclic) bond motifs is 1. The largest absolute Gasteiger partial charge is 0.306 e. The normalized spacial score (nSPS) is 13.5. The van der Waals surface area contributed by atoms with Crippen LogP contribution < -0.4 is 4.90 Å². The van der Waals surface area contributed by atoms with Gasteiger partial charge in [-0.15, -0.1) is 0 Å². The Bertz CT molecular complexity index is 607. The first-order chi connectivity index (χ1) is 8.75. The van der Waals surface area contributed by atoms with Crippen LogP contribution in [0.4, 0.5) is 5.69 Å². The number of para-hydroxylation sites is 1. The summed E-state index contributed by atoms with van der Waals surface area (Å²) in [5, 5.41) is 0. The molecule has 0 unspecified atom stereocenters. The topological polar surface area (TPSA) is 33.2 Å². The summed E-state index contributed by atoms with van der Waals surface area (Å²) in [4.78, 5) is 18.5. The Morgan fingerprint density at radius 1 is 1.17 bits per heavy atom. The van der Waals surface area contributed by atoms with Gasteiger partial charge in [-0.2, -0.15) is 0 Å². The molecule has 0 N–H and O–H groups in total. The first-order valence-electron chi connectivity index (χ1n) is 6.09. The molecule has 1 amide bonds. The SMILES string of the molecule is Cc1cccc(C(=O)N2CCc3ccccc32)n1. The van der Waals surface area contributed by atoms with Gasteiger partial charge in [0.2, 0.25) is 0 Å². The van der Waals surface area contributed by atoms with Gasteiger partial charge in [-0.05, 0) is 37.1 Å². The third kappa shape index (κ3) is 1.78. The molecular formula is C15H14N2O. The molecule has 0 aliphatic carbocycles. The molecule has 3 rings (SSSR count). The van der Waals surface area contributed by atoms with Gasteiger partial charge in [0.1, 0.15) is 5.69 Å². The number of aromatic nitrogens is 1. The Morgan fingerprint density at radius 3 is 2.83 bits per heavy atom. The van der Waals surface area contributed by atoms with Crippen LogP contribution >= 0.6 is 0 Å². The number of anilines is 1. The Labute approximate surface area is 106 Å². The molecule has 0 spiro atoms. The van der Waals surface area contributed by atoms with E-state index in [0.29, 0.717) is 5.69 Å². The fourth-order valence-electron chi connectivity index (χ4n) is 2.35. The fourth-order valence-corrected chi connectivity index (χ4v) is 2.35. The summed E-state index contributed by atoms with van der Waals surface area (Å²) in [6.07, 6.45) is 0.924. The number of nitrogens with zero attached hydrogens (tertiary/aromatic N) is 2. The number of aryl methyl sites for hydroxylation is 1. The van der Waals surface area contributed by atoms with Gasteiger partial charge < -0.3 is 4.90 Å². The fraction of sp³-hybridized carbons (Fsp3) is 0.200. The highest BCUT2D eigenvalue weighted by Gasteiger charge is 2.25. The molecular weight excluding hydrogens is 224 g/mol. The van der Waals surface area contributed by atoms with Crippen molar-refractivity contribution in [3.63, 3.8) is 0 Å². The number of benzene rings is 1. The van der Waals surface area contributed by atoms with Crippen LogP contribution in [0.2, 0.25) is 0 Å². The van der Waals surface area contributed by atoms with Crippen LogP contribution in [0.5, 0.6) is 0 Å². The van der Waals surface area contributed by atoms with E-state index in [1.165, 1.54) is 5.56 Å². The van der Waals surface area contributed by atoms with Crippen LogP contribution in [-0.4, -0.2) is 17.4 Å². The van der Waals surface area contributed by atoms with E-state index in [-0.39, 0.29) is 5.91 Å². The minimum atomic E-state index is -0.0105. The second-order valence-electron chi connectivity index (χ2n) is 4.50. The number of rotatable bonds is 1.